The molecule has 31 heavy (non-hydrogen) atoms. The molecule has 0 atom stereocenters. The van der Waals surface area contributed by atoms with Gasteiger partial charge in [-0.3, -0.25) is 4.79 Å². The smallest absolute Gasteiger partial charge is 0.309 e. The van der Waals surface area contributed by atoms with Gasteiger partial charge in [0, 0.05) is 0 Å². The van der Waals surface area contributed by atoms with Gasteiger partial charge in [0.1, 0.15) is 24.7 Å². The zero-order valence-electron chi connectivity index (χ0n) is 17.9. The molecule has 0 aromatic heterocycles. The maximum Gasteiger partial charge on any atom is 0.309 e. The van der Waals surface area contributed by atoms with E-state index in [-0.39, 0.29) is 12.4 Å². The number of carbonyl (C=O) groups is 1. The molecular weight excluding hydrogens is 396 g/mol. The molecule has 0 radical (unpaired) electrons. The molecule has 0 spiro atoms. The molecule has 0 amide bonds. The van der Waals surface area contributed by atoms with Crippen LogP contribution in [0.25, 0.3) is 0 Å². The Kier molecular flexibility index (Phi) is 7.76. The van der Waals surface area contributed by atoms with Crippen LogP contribution in [0, 0.1) is 0 Å². The summed E-state index contributed by atoms with van der Waals surface area (Å²) in [6.45, 7) is 0.726. The first-order chi connectivity index (χ1) is 15.1. The lowest BCUT2D eigenvalue weighted by atomic mass is 10.1. The number of hydrogen-bond acceptors (Lipinski definition) is 6. The van der Waals surface area contributed by atoms with Crippen molar-refractivity contribution in [2.75, 3.05) is 21.3 Å². The van der Waals surface area contributed by atoms with E-state index in [9.17, 15) is 4.79 Å². The minimum absolute atomic E-state index is 0.161. The quantitative estimate of drug-likeness (QED) is 0.446. The highest BCUT2D eigenvalue weighted by molar-refractivity contribution is 5.72. The summed E-state index contributed by atoms with van der Waals surface area (Å²) >= 11 is 0. The second kappa shape index (κ2) is 10.9. The van der Waals surface area contributed by atoms with Gasteiger partial charge in [-0.15, -0.1) is 0 Å². The first-order valence-corrected chi connectivity index (χ1v) is 9.82. The zero-order valence-corrected chi connectivity index (χ0v) is 17.9. The highest BCUT2D eigenvalue weighted by Gasteiger charge is 2.11. The second-order valence-electron chi connectivity index (χ2n) is 6.81. The maximum absolute atomic E-state index is 11.7. The minimum atomic E-state index is -0.312. The lowest BCUT2D eigenvalue weighted by Gasteiger charge is -2.15. The van der Waals surface area contributed by atoms with Gasteiger partial charge in [0.2, 0.25) is 0 Å². The van der Waals surface area contributed by atoms with Gasteiger partial charge in [0.15, 0.2) is 11.5 Å². The molecule has 3 aromatic rings. The van der Waals surface area contributed by atoms with E-state index in [1.807, 2.05) is 66.7 Å². The fourth-order valence-corrected chi connectivity index (χ4v) is 2.90. The van der Waals surface area contributed by atoms with Crippen LogP contribution in [0.15, 0.2) is 66.7 Å². The van der Waals surface area contributed by atoms with E-state index in [1.54, 1.807) is 14.2 Å². The van der Waals surface area contributed by atoms with Gasteiger partial charge in [0.05, 0.1) is 27.8 Å². The third kappa shape index (κ3) is 6.40. The van der Waals surface area contributed by atoms with E-state index < -0.39 is 0 Å². The average molecular weight is 422 g/mol. The normalized spacial score (nSPS) is 10.3. The van der Waals surface area contributed by atoms with Crippen molar-refractivity contribution >= 4 is 5.97 Å². The Balaban J connectivity index is 1.74. The maximum atomic E-state index is 11.7. The summed E-state index contributed by atoms with van der Waals surface area (Å²) in [5.74, 6) is 2.42. The predicted octanol–water partition coefficient (Wildman–Crippen LogP) is 4.58. The Hall–Kier alpha value is -3.67. The van der Waals surface area contributed by atoms with Crippen LogP contribution >= 0.6 is 0 Å². The minimum Gasteiger partial charge on any atom is -0.497 e. The van der Waals surface area contributed by atoms with Crippen LogP contribution in [0.3, 0.4) is 0 Å². The van der Waals surface area contributed by atoms with Crippen LogP contribution in [-0.4, -0.2) is 27.3 Å². The number of ether oxygens (including phenoxy) is 5. The predicted molar refractivity (Wildman–Crippen MR) is 117 cm³/mol. The Labute approximate surface area is 182 Å². The Morgan fingerprint density at radius 2 is 1.13 bits per heavy atom. The molecule has 0 saturated heterocycles. The molecule has 0 aliphatic heterocycles. The van der Waals surface area contributed by atoms with Crippen molar-refractivity contribution < 1.29 is 28.5 Å². The molecule has 162 valence electrons. The first kappa shape index (κ1) is 22.0. The number of methoxy groups -OCH3 is 3. The van der Waals surface area contributed by atoms with Crippen LogP contribution < -0.4 is 18.9 Å². The average Bonchev–Trinajstić information content (AvgIpc) is 2.82. The first-order valence-electron chi connectivity index (χ1n) is 9.82. The summed E-state index contributed by atoms with van der Waals surface area (Å²) < 4.78 is 27.2. The van der Waals surface area contributed by atoms with E-state index in [0.29, 0.717) is 24.7 Å². The molecule has 3 aromatic carbocycles. The van der Waals surface area contributed by atoms with Crippen LogP contribution in [0.1, 0.15) is 16.7 Å². The topological polar surface area (TPSA) is 63.2 Å². The Morgan fingerprint density at radius 1 is 0.645 bits per heavy atom. The largest absolute Gasteiger partial charge is 0.497 e. The molecule has 3 rings (SSSR count). The van der Waals surface area contributed by atoms with Crippen molar-refractivity contribution in [2.24, 2.45) is 0 Å². The van der Waals surface area contributed by atoms with E-state index >= 15 is 0 Å². The SMILES string of the molecule is COC(=O)Cc1ccc(OCc2ccc(OC)cc2)c(OCc2ccc(OC)cc2)c1. The molecule has 0 N–H and O–H groups in total. The van der Waals surface area contributed by atoms with E-state index in [0.717, 1.165) is 28.2 Å². The van der Waals surface area contributed by atoms with E-state index in [4.69, 9.17) is 23.7 Å². The van der Waals surface area contributed by atoms with Crippen LogP contribution in [0.2, 0.25) is 0 Å². The van der Waals surface area contributed by atoms with Crippen molar-refractivity contribution in [2.45, 2.75) is 19.6 Å². The molecule has 0 aliphatic rings. The lowest BCUT2D eigenvalue weighted by molar-refractivity contribution is -0.139. The molecule has 0 fully saturated rings. The van der Waals surface area contributed by atoms with Gasteiger partial charge in [-0.05, 0) is 53.1 Å². The third-order valence-electron chi connectivity index (χ3n) is 4.69. The fourth-order valence-electron chi connectivity index (χ4n) is 2.90. The molecule has 6 nitrogen and oxygen atoms in total. The molecule has 0 saturated carbocycles. The summed E-state index contributed by atoms with van der Waals surface area (Å²) in [5.41, 5.74) is 2.77. The summed E-state index contributed by atoms with van der Waals surface area (Å²) in [7, 11) is 4.63. The number of esters is 1. The number of benzene rings is 3. The number of rotatable bonds is 10. The number of hydrogen-bond donors (Lipinski definition) is 0. The highest BCUT2D eigenvalue weighted by Crippen LogP contribution is 2.31. The van der Waals surface area contributed by atoms with Crippen LogP contribution in [0.4, 0.5) is 0 Å². The molecule has 0 heterocycles. The van der Waals surface area contributed by atoms with Crippen molar-refractivity contribution in [3.05, 3.63) is 83.4 Å². The molecule has 0 unspecified atom stereocenters. The number of carbonyl (C=O) groups excluding carboxylic acids is 1. The van der Waals surface area contributed by atoms with Crippen molar-refractivity contribution in [3.8, 4) is 23.0 Å². The van der Waals surface area contributed by atoms with Gasteiger partial charge in [0.25, 0.3) is 0 Å². The monoisotopic (exact) mass is 422 g/mol. The van der Waals surface area contributed by atoms with Gasteiger partial charge >= 0.3 is 5.97 Å². The molecular formula is C25H26O6. The summed E-state index contributed by atoms with van der Waals surface area (Å²) in [5, 5.41) is 0. The van der Waals surface area contributed by atoms with Gasteiger partial charge in [-0.25, -0.2) is 0 Å². The second-order valence-corrected chi connectivity index (χ2v) is 6.81. The van der Waals surface area contributed by atoms with Crippen LogP contribution in [0.5, 0.6) is 23.0 Å². The highest BCUT2D eigenvalue weighted by atomic mass is 16.5. The summed E-state index contributed by atoms with van der Waals surface area (Å²) in [6.07, 6.45) is 0.161. The van der Waals surface area contributed by atoms with Gasteiger partial charge < -0.3 is 23.7 Å². The lowest BCUT2D eigenvalue weighted by Crippen LogP contribution is -2.06. The molecule has 6 heteroatoms. The van der Waals surface area contributed by atoms with Crippen molar-refractivity contribution in [1.29, 1.82) is 0 Å². The zero-order chi connectivity index (χ0) is 22.1. The van der Waals surface area contributed by atoms with Crippen molar-refractivity contribution in [3.63, 3.8) is 0 Å². The van der Waals surface area contributed by atoms with Crippen LogP contribution in [-0.2, 0) is 29.2 Å². The summed E-state index contributed by atoms with van der Waals surface area (Å²) in [4.78, 5) is 11.7. The molecule has 0 bridgehead atoms. The summed E-state index contributed by atoms with van der Waals surface area (Å²) in [6, 6.07) is 20.8. The standard InChI is InChI=1S/C25H26O6/c1-27-21-9-4-18(5-10-21)16-30-23-13-8-20(15-25(26)29-3)14-24(23)31-17-19-6-11-22(28-2)12-7-19/h4-14H,15-17H2,1-3H3. The molecule has 0 aliphatic carbocycles. The fraction of sp³-hybridized carbons (Fsp3) is 0.240. The Bertz CT molecular complexity index is 980. The van der Waals surface area contributed by atoms with Gasteiger partial charge in [-0.1, -0.05) is 30.3 Å². The third-order valence-corrected chi connectivity index (χ3v) is 4.69. The van der Waals surface area contributed by atoms with Gasteiger partial charge in [-0.2, -0.15) is 0 Å². The van der Waals surface area contributed by atoms with E-state index in [1.165, 1.54) is 7.11 Å². The van der Waals surface area contributed by atoms with E-state index in [2.05, 4.69) is 0 Å². The van der Waals surface area contributed by atoms with Crippen molar-refractivity contribution in [1.82, 2.24) is 0 Å². The Morgan fingerprint density at radius 3 is 1.61 bits per heavy atom.